The minimum absolute atomic E-state index is 0.108. The predicted molar refractivity (Wildman–Crippen MR) is 102 cm³/mol. The van der Waals surface area contributed by atoms with Crippen molar-refractivity contribution >= 4 is 33.2 Å². The van der Waals surface area contributed by atoms with Crippen LogP contribution in [0.1, 0.15) is 35.4 Å². The Morgan fingerprint density at radius 1 is 1.26 bits per heavy atom. The number of piperidine rings is 1. The second kappa shape index (κ2) is 7.94. The highest BCUT2D eigenvalue weighted by Crippen LogP contribution is 2.28. The molecule has 2 aromatic rings. The number of amides is 2. The van der Waals surface area contributed by atoms with Crippen molar-refractivity contribution in [3.63, 3.8) is 0 Å². The molecule has 4 rings (SSSR count). The molecule has 27 heavy (non-hydrogen) atoms. The van der Waals surface area contributed by atoms with Crippen molar-refractivity contribution in [2.24, 2.45) is 5.92 Å². The van der Waals surface area contributed by atoms with Crippen LogP contribution >= 0.6 is 11.3 Å². The van der Waals surface area contributed by atoms with Gasteiger partial charge in [0.2, 0.25) is 5.91 Å². The Kier molecular flexibility index (Phi) is 5.41. The largest absolute Gasteiger partial charge is 0.376 e. The first kappa shape index (κ1) is 18.4. The van der Waals surface area contributed by atoms with Crippen LogP contribution in [0.25, 0.3) is 10.1 Å². The third-order valence-corrected chi connectivity index (χ3v) is 6.42. The normalized spacial score (nSPS) is 22.9. The second-order valence-electron chi connectivity index (χ2n) is 7.25. The molecule has 1 N–H and O–H groups in total. The maximum Gasteiger partial charge on any atom is 0.261 e. The Labute approximate surface area is 161 Å². The smallest absolute Gasteiger partial charge is 0.261 e. The summed E-state index contributed by atoms with van der Waals surface area (Å²) < 4.78 is 20.3. The molecule has 5 nitrogen and oxygen atoms in total. The molecular weight excluding hydrogens is 367 g/mol. The van der Waals surface area contributed by atoms with Crippen molar-refractivity contribution < 1.29 is 18.7 Å². The van der Waals surface area contributed by atoms with Gasteiger partial charge in [-0.15, -0.1) is 11.3 Å². The highest BCUT2D eigenvalue weighted by atomic mass is 32.1. The molecule has 0 bridgehead atoms. The molecule has 0 spiro atoms. The van der Waals surface area contributed by atoms with Crippen molar-refractivity contribution in [3.8, 4) is 0 Å². The predicted octanol–water partition coefficient (Wildman–Crippen LogP) is 3.19. The minimum Gasteiger partial charge on any atom is -0.376 e. The van der Waals surface area contributed by atoms with Gasteiger partial charge in [-0.1, -0.05) is 6.07 Å². The molecule has 0 unspecified atom stereocenters. The van der Waals surface area contributed by atoms with Crippen LogP contribution in [0.3, 0.4) is 0 Å². The number of benzene rings is 1. The van der Waals surface area contributed by atoms with E-state index in [9.17, 15) is 14.0 Å². The highest BCUT2D eigenvalue weighted by Gasteiger charge is 2.34. The lowest BCUT2D eigenvalue weighted by Crippen LogP contribution is -2.40. The quantitative estimate of drug-likeness (QED) is 0.872. The molecule has 0 saturated carbocycles. The summed E-state index contributed by atoms with van der Waals surface area (Å²) in [6, 6.07) is 6.42. The van der Waals surface area contributed by atoms with Gasteiger partial charge >= 0.3 is 0 Å². The fourth-order valence-corrected chi connectivity index (χ4v) is 4.81. The van der Waals surface area contributed by atoms with Gasteiger partial charge in [-0.2, -0.15) is 0 Å². The van der Waals surface area contributed by atoms with Crippen LogP contribution < -0.4 is 5.32 Å². The Bertz CT molecular complexity index is 847. The molecule has 2 aliphatic rings. The zero-order valence-electron chi connectivity index (χ0n) is 15.1. The fraction of sp³-hybridized carbons (Fsp3) is 0.500. The number of hydrogen-bond donors (Lipinski definition) is 1. The van der Waals surface area contributed by atoms with E-state index in [0.717, 1.165) is 30.6 Å². The zero-order chi connectivity index (χ0) is 18.8. The number of carbonyl (C=O) groups is 2. The van der Waals surface area contributed by atoms with Gasteiger partial charge in [0.15, 0.2) is 0 Å². The summed E-state index contributed by atoms with van der Waals surface area (Å²) in [5.41, 5.74) is 0. The molecule has 1 aromatic carbocycles. The molecule has 2 aliphatic heterocycles. The van der Waals surface area contributed by atoms with Crippen LogP contribution in [0, 0.1) is 11.7 Å². The Morgan fingerprint density at radius 3 is 2.85 bits per heavy atom. The molecule has 0 aliphatic carbocycles. The van der Waals surface area contributed by atoms with Gasteiger partial charge in [0.05, 0.1) is 23.5 Å². The standard InChI is InChI=1S/C20H23FN2O3S/c21-16-5-4-6-17-15(16)10-18(27-17)19(24)22-11-14-9-13(12-26-14)20(25)23-7-2-1-3-8-23/h4-6,10,13-14H,1-3,7-9,11-12H2,(H,22,24)/t13-,14-/m0/s1. The molecule has 2 amide bonds. The van der Waals surface area contributed by atoms with Gasteiger partial charge in [0, 0.05) is 29.7 Å². The van der Waals surface area contributed by atoms with Crippen LogP contribution in [-0.4, -0.2) is 49.1 Å². The van der Waals surface area contributed by atoms with Crippen molar-refractivity contribution in [1.82, 2.24) is 10.2 Å². The van der Waals surface area contributed by atoms with Crippen molar-refractivity contribution in [2.45, 2.75) is 31.8 Å². The van der Waals surface area contributed by atoms with Crippen molar-refractivity contribution in [1.29, 1.82) is 0 Å². The lowest BCUT2D eigenvalue weighted by atomic mass is 10.0. The average molecular weight is 390 g/mol. The summed E-state index contributed by atoms with van der Waals surface area (Å²) in [4.78, 5) is 27.4. The van der Waals surface area contributed by atoms with E-state index < -0.39 is 0 Å². The number of thiophene rings is 1. The molecule has 7 heteroatoms. The van der Waals surface area contributed by atoms with E-state index in [2.05, 4.69) is 5.32 Å². The first-order valence-corrected chi connectivity index (χ1v) is 10.3. The summed E-state index contributed by atoms with van der Waals surface area (Å²) >= 11 is 1.27. The monoisotopic (exact) mass is 390 g/mol. The van der Waals surface area contributed by atoms with Gasteiger partial charge < -0.3 is 15.0 Å². The van der Waals surface area contributed by atoms with E-state index in [1.807, 2.05) is 4.90 Å². The number of nitrogens with zero attached hydrogens (tertiary/aromatic N) is 1. The highest BCUT2D eigenvalue weighted by molar-refractivity contribution is 7.20. The molecule has 1 aromatic heterocycles. The summed E-state index contributed by atoms with van der Waals surface area (Å²) in [5, 5.41) is 3.33. The van der Waals surface area contributed by atoms with Crippen LogP contribution in [-0.2, 0) is 9.53 Å². The number of likely N-dealkylation sites (tertiary alicyclic amines) is 1. The van der Waals surface area contributed by atoms with E-state index in [1.165, 1.54) is 23.8 Å². The Hall–Kier alpha value is -1.99. The van der Waals surface area contributed by atoms with Gasteiger partial charge in [-0.05, 0) is 43.9 Å². The maximum absolute atomic E-state index is 13.8. The molecule has 2 fully saturated rings. The number of nitrogens with one attached hydrogen (secondary N) is 1. The van der Waals surface area contributed by atoms with Crippen LogP contribution in [0.4, 0.5) is 4.39 Å². The van der Waals surface area contributed by atoms with Crippen molar-refractivity contribution in [2.75, 3.05) is 26.2 Å². The molecule has 144 valence electrons. The van der Waals surface area contributed by atoms with Crippen LogP contribution in [0.2, 0.25) is 0 Å². The third kappa shape index (κ3) is 3.99. The zero-order valence-corrected chi connectivity index (χ0v) is 15.9. The average Bonchev–Trinajstić information content (AvgIpc) is 3.34. The van der Waals surface area contributed by atoms with E-state index >= 15 is 0 Å². The minimum atomic E-state index is -0.319. The lowest BCUT2D eigenvalue weighted by Gasteiger charge is -2.28. The first-order chi connectivity index (χ1) is 13.1. The van der Waals surface area contributed by atoms with Gasteiger partial charge in [0.25, 0.3) is 5.91 Å². The van der Waals surface area contributed by atoms with E-state index in [4.69, 9.17) is 4.74 Å². The Balaban J connectivity index is 1.30. The maximum atomic E-state index is 13.8. The van der Waals surface area contributed by atoms with Crippen molar-refractivity contribution in [3.05, 3.63) is 35.0 Å². The number of rotatable bonds is 4. The third-order valence-electron chi connectivity index (χ3n) is 5.32. The molecule has 2 atom stereocenters. The molecule has 2 saturated heterocycles. The number of carbonyl (C=O) groups excluding carboxylic acids is 2. The van der Waals surface area contributed by atoms with E-state index in [1.54, 1.807) is 18.2 Å². The summed E-state index contributed by atoms with van der Waals surface area (Å²) in [7, 11) is 0. The molecule has 3 heterocycles. The SMILES string of the molecule is O=C(NC[C@@H]1C[C@H](C(=O)N2CCCCC2)CO1)c1cc2c(F)cccc2s1. The number of ether oxygens (including phenoxy) is 1. The van der Waals surface area contributed by atoms with Crippen LogP contribution in [0.5, 0.6) is 0 Å². The molecule has 0 radical (unpaired) electrons. The Morgan fingerprint density at radius 2 is 2.07 bits per heavy atom. The fourth-order valence-electron chi connectivity index (χ4n) is 3.82. The van der Waals surface area contributed by atoms with E-state index in [0.29, 0.717) is 29.8 Å². The van der Waals surface area contributed by atoms with Gasteiger partial charge in [-0.3, -0.25) is 9.59 Å². The number of hydrogen-bond acceptors (Lipinski definition) is 4. The van der Waals surface area contributed by atoms with Gasteiger partial charge in [-0.25, -0.2) is 4.39 Å². The summed E-state index contributed by atoms with van der Waals surface area (Å²) in [5.74, 6) is -0.474. The van der Waals surface area contributed by atoms with Crippen LogP contribution in [0.15, 0.2) is 24.3 Å². The topological polar surface area (TPSA) is 58.6 Å². The summed E-state index contributed by atoms with van der Waals surface area (Å²) in [6.07, 6.45) is 3.83. The molecular formula is C20H23FN2O3S. The second-order valence-corrected chi connectivity index (χ2v) is 8.33. The van der Waals surface area contributed by atoms with Gasteiger partial charge in [0.1, 0.15) is 5.82 Å². The number of halogens is 1. The lowest BCUT2D eigenvalue weighted by molar-refractivity contribution is -0.136. The van der Waals surface area contributed by atoms with E-state index in [-0.39, 0.29) is 29.7 Å². The summed E-state index contributed by atoms with van der Waals surface area (Å²) in [6.45, 7) is 2.47. The number of fused-ring (bicyclic) bond motifs is 1. The first-order valence-electron chi connectivity index (χ1n) is 9.48.